The maximum atomic E-state index is 13.4. The summed E-state index contributed by atoms with van der Waals surface area (Å²) in [5.74, 6) is 0.865. The maximum Gasteiger partial charge on any atom is 0.137 e. The second kappa shape index (κ2) is 8.11. The van der Waals surface area contributed by atoms with Crippen molar-refractivity contribution < 1.29 is 4.39 Å². The zero-order valence-electron chi connectivity index (χ0n) is 10.3. The first-order chi connectivity index (χ1) is 8.19. The topological polar surface area (TPSA) is 12.0 Å². The number of thioether (sulfide) groups is 1. The molecule has 0 radical (unpaired) electrons. The van der Waals surface area contributed by atoms with Crippen molar-refractivity contribution in [3.8, 4) is 0 Å². The quantitative estimate of drug-likeness (QED) is 0.819. The first-order valence-electron chi connectivity index (χ1n) is 5.84. The number of rotatable bonds is 7. The summed E-state index contributed by atoms with van der Waals surface area (Å²) < 4.78 is 14.0. The third kappa shape index (κ3) is 4.98. The van der Waals surface area contributed by atoms with Crippen molar-refractivity contribution in [3.05, 3.63) is 34.1 Å². The number of nitrogens with one attached hydrogen (secondary N) is 1. The highest BCUT2D eigenvalue weighted by molar-refractivity contribution is 9.10. The van der Waals surface area contributed by atoms with E-state index in [0.717, 1.165) is 30.7 Å². The van der Waals surface area contributed by atoms with Crippen LogP contribution in [0, 0.1) is 5.82 Å². The van der Waals surface area contributed by atoms with Gasteiger partial charge in [0.25, 0.3) is 0 Å². The Kier molecular flexibility index (Phi) is 7.16. The Hall–Kier alpha value is -0.0600. The van der Waals surface area contributed by atoms with Crippen LogP contribution in [0.4, 0.5) is 4.39 Å². The first kappa shape index (κ1) is 15.0. The molecule has 0 saturated heterocycles. The molecule has 1 aromatic carbocycles. The van der Waals surface area contributed by atoms with Gasteiger partial charge in [-0.3, -0.25) is 0 Å². The molecule has 1 rings (SSSR count). The number of hydrogen-bond donors (Lipinski definition) is 1. The van der Waals surface area contributed by atoms with Crippen LogP contribution in [0.2, 0.25) is 0 Å². The minimum Gasteiger partial charge on any atom is -0.313 e. The SMILES string of the molecule is CCCNC(CSC)Cc1cccc(F)c1Br. The fourth-order valence-corrected chi connectivity index (χ4v) is 2.78. The zero-order chi connectivity index (χ0) is 12.7. The maximum absolute atomic E-state index is 13.4. The van der Waals surface area contributed by atoms with E-state index >= 15 is 0 Å². The molecule has 17 heavy (non-hydrogen) atoms. The third-order valence-electron chi connectivity index (χ3n) is 2.55. The van der Waals surface area contributed by atoms with Gasteiger partial charge in [0, 0.05) is 11.8 Å². The lowest BCUT2D eigenvalue weighted by atomic mass is 10.1. The van der Waals surface area contributed by atoms with E-state index in [0.29, 0.717) is 10.5 Å². The Labute approximate surface area is 116 Å². The standard InChI is InChI=1S/C13H19BrFNS/c1-3-7-16-11(9-17-2)8-10-5-4-6-12(15)13(10)14/h4-6,11,16H,3,7-9H2,1-2H3. The Bertz CT molecular complexity index is 346. The molecule has 96 valence electrons. The Balaban J connectivity index is 2.67. The number of halogens is 2. The summed E-state index contributed by atoms with van der Waals surface area (Å²) in [6.07, 6.45) is 4.08. The smallest absolute Gasteiger partial charge is 0.137 e. The van der Waals surface area contributed by atoms with Crippen LogP contribution in [0.5, 0.6) is 0 Å². The van der Waals surface area contributed by atoms with E-state index in [4.69, 9.17) is 0 Å². The highest BCUT2D eigenvalue weighted by atomic mass is 79.9. The molecule has 0 aromatic heterocycles. The van der Waals surface area contributed by atoms with E-state index in [2.05, 4.69) is 34.4 Å². The van der Waals surface area contributed by atoms with E-state index < -0.39 is 0 Å². The summed E-state index contributed by atoms with van der Waals surface area (Å²) in [6.45, 7) is 3.17. The van der Waals surface area contributed by atoms with Gasteiger partial charge in [0.15, 0.2) is 0 Å². The van der Waals surface area contributed by atoms with Crippen LogP contribution in [0.1, 0.15) is 18.9 Å². The number of hydrogen-bond acceptors (Lipinski definition) is 2. The fraction of sp³-hybridized carbons (Fsp3) is 0.538. The van der Waals surface area contributed by atoms with Gasteiger partial charge in [-0.15, -0.1) is 0 Å². The average molecular weight is 320 g/mol. The molecule has 1 aromatic rings. The van der Waals surface area contributed by atoms with E-state index in [9.17, 15) is 4.39 Å². The molecule has 1 unspecified atom stereocenters. The Morgan fingerprint density at radius 2 is 2.24 bits per heavy atom. The molecule has 0 aliphatic carbocycles. The second-order valence-corrected chi connectivity index (χ2v) is 5.73. The lowest BCUT2D eigenvalue weighted by molar-refractivity contribution is 0.546. The third-order valence-corrected chi connectivity index (χ3v) is 4.17. The predicted octanol–water partition coefficient (Wildman–Crippen LogP) is 3.86. The van der Waals surface area contributed by atoms with Crippen LogP contribution in [0.25, 0.3) is 0 Å². The van der Waals surface area contributed by atoms with E-state index in [1.165, 1.54) is 6.07 Å². The monoisotopic (exact) mass is 319 g/mol. The normalized spacial score (nSPS) is 12.7. The molecule has 1 nitrogen and oxygen atoms in total. The molecular formula is C13H19BrFNS. The summed E-state index contributed by atoms with van der Waals surface area (Å²) in [6, 6.07) is 5.64. The van der Waals surface area contributed by atoms with Crippen LogP contribution >= 0.6 is 27.7 Å². The van der Waals surface area contributed by atoms with Crippen LogP contribution in [0.15, 0.2) is 22.7 Å². The second-order valence-electron chi connectivity index (χ2n) is 4.02. The van der Waals surface area contributed by atoms with Gasteiger partial charge in [-0.05, 0) is 53.2 Å². The molecule has 0 fully saturated rings. The zero-order valence-corrected chi connectivity index (χ0v) is 12.7. The lowest BCUT2D eigenvalue weighted by Gasteiger charge is -2.18. The van der Waals surface area contributed by atoms with Crippen LogP contribution in [-0.2, 0) is 6.42 Å². The van der Waals surface area contributed by atoms with E-state index in [1.54, 1.807) is 6.07 Å². The van der Waals surface area contributed by atoms with Crippen LogP contribution in [-0.4, -0.2) is 24.6 Å². The minimum absolute atomic E-state index is 0.180. The summed E-state index contributed by atoms with van der Waals surface area (Å²) in [4.78, 5) is 0. The Morgan fingerprint density at radius 1 is 1.47 bits per heavy atom. The van der Waals surface area contributed by atoms with Gasteiger partial charge in [-0.1, -0.05) is 19.1 Å². The van der Waals surface area contributed by atoms with Crippen molar-refractivity contribution in [2.24, 2.45) is 0 Å². The molecule has 0 aliphatic rings. The summed E-state index contributed by atoms with van der Waals surface area (Å²) in [5.41, 5.74) is 1.03. The van der Waals surface area contributed by atoms with Crippen LogP contribution in [0.3, 0.4) is 0 Å². The Morgan fingerprint density at radius 3 is 2.88 bits per heavy atom. The molecule has 0 saturated carbocycles. The fourth-order valence-electron chi connectivity index (χ4n) is 1.71. The number of benzene rings is 1. The minimum atomic E-state index is -0.180. The molecule has 0 heterocycles. The molecular weight excluding hydrogens is 301 g/mol. The van der Waals surface area contributed by atoms with Crippen LogP contribution < -0.4 is 5.32 Å². The van der Waals surface area contributed by atoms with E-state index in [1.807, 2.05) is 17.8 Å². The van der Waals surface area contributed by atoms with Gasteiger partial charge in [0.1, 0.15) is 5.82 Å². The molecule has 0 amide bonds. The average Bonchev–Trinajstić information content (AvgIpc) is 2.32. The van der Waals surface area contributed by atoms with Crippen molar-refractivity contribution in [1.82, 2.24) is 5.32 Å². The molecule has 1 atom stereocenters. The van der Waals surface area contributed by atoms with Gasteiger partial charge >= 0.3 is 0 Å². The predicted molar refractivity (Wildman–Crippen MR) is 78.3 cm³/mol. The first-order valence-corrected chi connectivity index (χ1v) is 8.03. The van der Waals surface area contributed by atoms with Crippen molar-refractivity contribution >= 4 is 27.7 Å². The van der Waals surface area contributed by atoms with Crippen molar-refractivity contribution in [3.63, 3.8) is 0 Å². The van der Waals surface area contributed by atoms with Crippen molar-refractivity contribution in [2.45, 2.75) is 25.8 Å². The molecule has 4 heteroatoms. The van der Waals surface area contributed by atoms with Gasteiger partial charge < -0.3 is 5.32 Å². The van der Waals surface area contributed by atoms with E-state index in [-0.39, 0.29) is 5.82 Å². The lowest BCUT2D eigenvalue weighted by Crippen LogP contribution is -2.34. The highest BCUT2D eigenvalue weighted by Gasteiger charge is 2.12. The van der Waals surface area contributed by atoms with Crippen molar-refractivity contribution in [1.29, 1.82) is 0 Å². The van der Waals surface area contributed by atoms with Crippen molar-refractivity contribution in [2.75, 3.05) is 18.6 Å². The van der Waals surface area contributed by atoms with Gasteiger partial charge in [0.2, 0.25) is 0 Å². The summed E-state index contributed by atoms with van der Waals surface area (Å²) in [5, 5.41) is 3.50. The molecule has 0 spiro atoms. The summed E-state index contributed by atoms with van der Waals surface area (Å²) in [7, 11) is 0. The van der Waals surface area contributed by atoms with Gasteiger partial charge in [0.05, 0.1) is 4.47 Å². The highest BCUT2D eigenvalue weighted by Crippen LogP contribution is 2.22. The molecule has 0 bridgehead atoms. The molecule has 0 aliphatic heterocycles. The van der Waals surface area contributed by atoms with Gasteiger partial charge in [-0.25, -0.2) is 4.39 Å². The van der Waals surface area contributed by atoms with Gasteiger partial charge in [-0.2, -0.15) is 11.8 Å². The summed E-state index contributed by atoms with van der Waals surface area (Å²) >= 11 is 5.14. The largest absolute Gasteiger partial charge is 0.313 e. The molecule has 1 N–H and O–H groups in total.